The van der Waals surface area contributed by atoms with Crippen LogP contribution in [0.1, 0.15) is 49.2 Å². The summed E-state index contributed by atoms with van der Waals surface area (Å²) in [6.07, 6.45) is 5.76. The molecule has 1 aliphatic heterocycles. The molecule has 2 heterocycles. The molecule has 1 aliphatic carbocycles. The second-order valence-electron chi connectivity index (χ2n) is 7.82. The highest BCUT2D eigenvalue weighted by atomic mass is 32.2. The molecule has 1 aromatic heterocycles. The lowest BCUT2D eigenvalue weighted by atomic mass is 10.0. The number of carbonyl (C=O) groups excluding carboxylic acids is 2. The van der Waals surface area contributed by atoms with Crippen molar-refractivity contribution < 1.29 is 22.7 Å². The average Bonchev–Trinajstić information content (AvgIpc) is 3.29. The molecule has 1 N–H and O–H groups in total. The molecule has 0 aromatic carbocycles. The quantitative estimate of drug-likeness (QED) is 0.585. The summed E-state index contributed by atoms with van der Waals surface area (Å²) in [5.74, 6) is -1.13. The Morgan fingerprint density at radius 2 is 2.07 bits per heavy atom. The van der Waals surface area contributed by atoms with Gasteiger partial charge in [0.25, 0.3) is 5.91 Å². The van der Waals surface area contributed by atoms with Gasteiger partial charge in [-0.2, -0.15) is 0 Å². The lowest BCUT2D eigenvalue weighted by Crippen LogP contribution is -2.48. The Balaban J connectivity index is 1.50. The zero-order valence-corrected chi connectivity index (χ0v) is 16.8. The van der Waals surface area contributed by atoms with Crippen LogP contribution in [0.3, 0.4) is 0 Å². The number of hydrogen-bond donors (Lipinski definition) is 1. The third-order valence-electron chi connectivity index (χ3n) is 5.12. The summed E-state index contributed by atoms with van der Waals surface area (Å²) in [5.41, 5.74) is 2.46. The van der Waals surface area contributed by atoms with Crippen molar-refractivity contribution in [2.24, 2.45) is 0 Å². The summed E-state index contributed by atoms with van der Waals surface area (Å²) in [7, 11) is -3.11. The minimum Gasteiger partial charge on any atom is -0.452 e. The normalized spacial score (nSPS) is 24.3. The number of amides is 1. The second-order valence-corrected chi connectivity index (χ2v) is 10.0. The van der Waals surface area contributed by atoms with E-state index in [1.807, 2.05) is 13.0 Å². The molecule has 0 radical (unpaired) electrons. The van der Waals surface area contributed by atoms with Gasteiger partial charge in [0.15, 0.2) is 16.4 Å². The molecule has 148 valence electrons. The van der Waals surface area contributed by atoms with Crippen molar-refractivity contribution >= 4 is 27.8 Å². The highest BCUT2D eigenvalue weighted by Gasteiger charge is 2.39. The van der Waals surface area contributed by atoms with Crippen LogP contribution in [0.4, 0.5) is 0 Å². The Kier molecular flexibility index (Phi) is 5.20. The number of carbonyl (C=O) groups is 2. The molecule has 3 rings (SSSR count). The first-order valence-corrected chi connectivity index (χ1v) is 11.0. The molecular weight excluding hydrogens is 368 g/mol. The summed E-state index contributed by atoms with van der Waals surface area (Å²) >= 11 is 0. The van der Waals surface area contributed by atoms with Gasteiger partial charge < -0.3 is 14.6 Å². The minimum atomic E-state index is -3.11. The maximum atomic E-state index is 12.0. The molecule has 7 nitrogen and oxygen atoms in total. The molecule has 27 heavy (non-hydrogen) atoms. The van der Waals surface area contributed by atoms with Crippen LogP contribution >= 0.6 is 0 Å². The minimum absolute atomic E-state index is 0.0611. The third kappa shape index (κ3) is 4.80. The van der Waals surface area contributed by atoms with Gasteiger partial charge in [0.2, 0.25) is 0 Å². The average molecular weight is 394 g/mol. The Morgan fingerprint density at radius 3 is 2.67 bits per heavy atom. The van der Waals surface area contributed by atoms with Gasteiger partial charge in [0, 0.05) is 23.5 Å². The molecule has 2 fully saturated rings. The van der Waals surface area contributed by atoms with Gasteiger partial charge in [-0.1, -0.05) is 0 Å². The van der Waals surface area contributed by atoms with Gasteiger partial charge in [-0.15, -0.1) is 0 Å². The lowest BCUT2D eigenvalue weighted by molar-refractivity contribution is -0.144. The van der Waals surface area contributed by atoms with Crippen LogP contribution in [0.5, 0.6) is 0 Å². The number of sulfone groups is 1. The SMILES string of the molecule is Cc1cc(/C=C/C(=O)OCC(=O)N[C@@]2(C)CCS(=O)(=O)C2)c(C)n1C1CC1. The molecular formula is C19H26N2O5S. The van der Waals surface area contributed by atoms with Gasteiger partial charge >= 0.3 is 5.97 Å². The van der Waals surface area contributed by atoms with E-state index in [-0.39, 0.29) is 11.5 Å². The van der Waals surface area contributed by atoms with Crippen LogP contribution in [0.2, 0.25) is 0 Å². The van der Waals surface area contributed by atoms with Gasteiger partial charge in [0.05, 0.1) is 17.0 Å². The van der Waals surface area contributed by atoms with Crippen molar-refractivity contribution in [3.63, 3.8) is 0 Å². The van der Waals surface area contributed by atoms with Gasteiger partial charge in [-0.3, -0.25) is 4.79 Å². The summed E-state index contributed by atoms with van der Waals surface area (Å²) < 4.78 is 30.4. The molecule has 1 saturated heterocycles. The Morgan fingerprint density at radius 1 is 1.37 bits per heavy atom. The maximum Gasteiger partial charge on any atom is 0.331 e. The number of rotatable bonds is 6. The van der Waals surface area contributed by atoms with Crippen LogP contribution in [0.25, 0.3) is 6.08 Å². The molecule has 2 aliphatic rings. The number of hydrogen-bond acceptors (Lipinski definition) is 5. The van der Waals surface area contributed by atoms with Crippen molar-refractivity contribution in [1.82, 2.24) is 9.88 Å². The van der Waals surface area contributed by atoms with Crippen molar-refractivity contribution in [3.8, 4) is 0 Å². The molecule has 1 atom stereocenters. The largest absolute Gasteiger partial charge is 0.452 e. The smallest absolute Gasteiger partial charge is 0.331 e. The number of aromatic nitrogens is 1. The van der Waals surface area contributed by atoms with Crippen molar-refractivity contribution in [2.45, 2.75) is 51.6 Å². The summed E-state index contributed by atoms with van der Waals surface area (Å²) in [4.78, 5) is 23.9. The number of nitrogens with one attached hydrogen (secondary N) is 1. The van der Waals surface area contributed by atoms with Crippen molar-refractivity contribution in [3.05, 3.63) is 29.1 Å². The number of esters is 1. The van der Waals surface area contributed by atoms with E-state index in [0.29, 0.717) is 12.5 Å². The standard InChI is InChI=1S/C19H26N2O5S/c1-13-10-15(14(2)21(13)16-5-6-16)4-7-18(23)26-11-17(22)20-19(3)8-9-27(24,25)12-19/h4,7,10,16H,5-6,8-9,11-12H2,1-3H3,(H,20,22)/b7-4+/t19-/m0/s1. The molecule has 1 amide bonds. The van der Waals surface area contributed by atoms with E-state index < -0.39 is 33.9 Å². The number of aryl methyl sites for hydroxylation is 1. The van der Waals surface area contributed by atoms with E-state index in [9.17, 15) is 18.0 Å². The van der Waals surface area contributed by atoms with Crippen LogP contribution in [0, 0.1) is 13.8 Å². The van der Waals surface area contributed by atoms with E-state index in [4.69, 9.17) is 4.74 Å². The fraction of sp³-hybridized carbons (Fsp3) is 0.579. The van der Waals surface area contributed by atoms with E-state index in [2.05, 4.69) is 16.8 Å². The predicted molar refractivity (Wildman–Crippen MR) is 102 cm³/mol. The Hall–Kier alpha value is -2.09. The maximum absolute atomic E-state index is 12.0. The van der Waals surface area contributed by atoms with E-state index in [1.165, 1.54) is 24.6 Å². The van der Waals surface area contributed by atoms with E-state index in [1.54, 1.807) is 13.0 Å². The summed E-state index contributed by atoms with van der Waals surface area (Å²) in [6.45, 7) is 5.34. The molecule has 1 saturated carbocycles. The van der Waals surface area contributed by atoms with Gasteiger partial charge in [0.1, 0.15) is 0 Å². The number of nitrogens with zero attached hydrogens (tertiary/aromatic N) is 1. The molecule has 8 heteroatoms. The van der Waals surface area contributed by atoms with Crippen LogP contribution < -0.4 is 5.32 Å². The van der Waals surface area contributed by atoms with Crippen molar-refractivity contribution in [1.29, 1.82) is 0 Å². The zero-order chi connectivity index (χ0) is 19.8. The van der Waals surface area contributed by atoms with Crippen LogP contribution in [-0.4, -0.2) is 48.5 Å². The highest BCUT2D eigenvalue weighted by Crippen LogP contribution is 2.38. The second kappa shape index (κ2) is 7.14. The topological polar surface area (TPSA) is 94.5 Å². The fourth-order valence-electron chi connectivity index (χ4n) is 3.69. The predicted octanol–water partition coefficient (Wildman–Crippen LogP) is 1.69. The number of ether oxygens (including phenoxy) is 1. The first-order valence-electron chi connectivity index (χ1n) is 9.13. The highest BCUT2D eigenvalue weighted by molar-refractivity contribution is 7.91. The van der Waals surface area contributed by atoms with Crippen molar-refractivity contribution in [2.75, 3.05) is 18.1 Å². The molecule has 0 unspecified atom stereocenters. The first kappa shape index (κ1) is 19.7. The van der Waals surface area contributed by atoms with Gasteiger partial charge in [-0.05, 0) is 57.7 Å². The Labute approximate surface area is 159 Å². The monoisotopic (exact) mass is 394 g/mol. The zero-order valence-electron chi connectivity index (χ0n) is 15.9. The van der Waals surface area contributed by atoms with E-state index in [0.717, 1.165) is 11.3 Å². The lowest BCUT2D eigenvalue weighted by Gasteiger charge is -2.23. The fourth-order valence-corrected chi connectivity index (χ4v) is 5.78. The van der Waals surface area contributed by atoms with E-state index >= 15 is 0 Å². The molecule has 1 aromatic rings. The molecule has 0 spiro atoms. The van der Waals surface area contributed by atoms with Gasteiger partial charge in [-0.25, -0.2) is 13.2 Å². The Bertz CT molecular complexity index is 895. The van der Waals surface area contributed by atoms with Crippen LogP contribution in [0.15, 0.2) is 12.1 Å². The summed E-state index contributed by atoms with van der Waals surface area (Å²) in [5, 5.41) is 2.66. The van der Waals surface area contributed by atoms with Crippen LogP contribution in [-0.2, 0) is 24.2 Å². The summed E-state index contributed by atoms with van der Waals surface area (Å²) in [6, 6.07) is 2.61. The third-order valence-corrected chi connectivity index (χ3v) is 7.03. The molecule has 0 bridgehead atoms. The first-order chi connectivity index (χ1) is 12.6.